The van der Waals surface area contributed by atoms with Gasteiger partial charge in [-0.2, -0.15) is 10.4 Å². The summed E-state index contributed by atoms with van der Waals surface area (Å²) in [7, 11) is 0. The summed E-state index contributed by atoms with van der Waals surface area (Å²) in [6.45, 7) is 4.42. The number of hydrogen-bond donors (Lipinski definition) is 3. The zero-order valence-electron chi connectivity index (χ0n) is 14.3. The average Bonchev–Trinajstić information content (AvgIpc) is 2.47. The molecule has 0 bridgehead atoms. The molecule has 4 nitrogen and oxygen atoms in total. The molecule has 0 aromatic heterocycles. The van der Waals surface area contributed by atoms with Gasteiger partial charge in [-0.05, 0) is 18.2 Å². The highest BCUT2D eigenvalue weighted by Gasteiger charge is 2.21. The van der Waals surface area contributed by atoms with Crippen molar-refractivity contribution in [2.75, 3.05) is 13.1 Å². The minimum absolute atomic E-state index is 0.204. The highest BCUT2D eigenvalue weighted by Crippen LogP contribution is 2.13. The minimum Gasteiger partial charge on any atom is -0.393 e. The molecule has 0 aliphatic rings. The molecule has 0 spiro atoms. The summed E-state index contributed by atoms with van der Waals surface area (Å²) >= 11 is 0. The van der Waals surface area contributed by atoms with Gasteiger partial charge in [0.15, 0.2) is 0 Å². The normalized spacial score (nSPS) is 13.6. The van der Waals surface area contributed by atoms with Crippen molar-refractivity contribution < 1.29 is 20.3 Å². The predicted molar refractivity (Wildman–Crippen MR) is 86.3 cm³/mol. The molecule has 0 aliphatic carbocycles. The molecule has 1 atom stereocenters. The van der Waals surface area contributed by atoms with Crippen LogP contribution >= 0.6 is 0 Å². The molecule has 4 heteroatoms. The van der Waals surface area contributed by atoms with Gasteiger partial charge in [0.2, 0.25) is 0 Å². The second kappa shape index (κ2) is 13.5. The van der Waals surface area contributed by atoms with E-state index in [1.54, 1.807) is 6.92 Å². The third kappa shape index (κ3) is 14.5. The Morgan fingerprint density at radius 2 is 1.19 bits per heavy atom. The predicted octanol–water partition coefficient (Wildman–Crippen LogP) is 4.66. The van der Waals surface area contributed by atoms with E-state index in [9.17, 15) is 15.5 Å². The van der Waals surface area contributed by atoms with Crippen LogP contribution < -0.4 is 0 Å². The maximum Gasteiger partial charge on any atom is 0.144 e. The summed E-state index contributed by atoms with van der Waals surface area (Å²) in [6, 6.07) is 0. The van der Waals surface area contributed by atoms with E-state index < -0.39 is 10.9 Å². The van der Waals surface area contributed by atoms with Crippen LogP contribution in [0.25, 0.3) is 0 Å². The first-order valence-corrected chi connectivity index (χ1v) is 9.02. The topological polar surface area (TPSA) is 60.7 Å². The number of rotatable bonds is 15. The molecule has 0 radical (unpaired) electrons. The standard InChI is InChI=1S/C17H38NO3/c1-3-5-6-7-8-9-10-11-12-13-14-17(19)15-16-18(20,21)4-2/h17,19-21H,3-16H2,1-2H3/q+1. The zero-order chi connectivity index (χ0) is 16.0. The summed E-state index contributed by atoms with van der Waals surface area (Å²) in [6.07, 6.45) is 13.8. The number of hydrogen-bond acceptors (Lipinski definition) is 3. The molecule has 128 valence electrons. The maximum absolute atomic E-state index is 9.80. The second-order valence-electron chi connectivity index (χ2n) is 6.33. The third-order valence-corrected chi connectivity index (χ3v) is 4.22. The third-order valence-electron chi connectivity index (χ3n) is 4.22. The van der Waals surface area contributed by atoms with Gasteiger partial charge in [-0.25, -0.2) is 0 Å². The molecule has 0 saturated heterocycles. The molecule has 0 aromatic carbocycles. The van der Waals surface area contributed by atoms with Crippen LogP contribution in [0.1, 0.15) is 90.9 Å². The van der Waals surface area contributed by atoms with Crippen molar-refractivity contribution in [1.82, 2.24) is 0 Å². The maximum atomic E-state index is 9.80. The fourth-order valence-electron chi connectivity index (χ4n) is 2.53. The minimum atomic E-state index is -0.977. The Morgan fingerprint density at radius 3 is 1.67 bits per heavy atom. The lowest BCUT2D eigenvalue weighted by molar-refractivity contribution is -1.24. The molecule has 0 heterocycles. The fourth-order valence-corrected chi connectivity index (χ4v) is 2.53. The summed E-state index contributed by atoms with van der Waals surface area (Å²) in [4.78, 5) is -0.977. The molecule has 0 aliphatic heterocycles. The van der Waals surface area contributed by atoms with E-state index in [-0.39, 0.29) is 13.1 Å². The number of aliphatic hydroxyl groups excluding tert-OH is 1. The summed E-state index contributed by atoms with van der Waals surface area (Å²) in [5, 5.41) is 28.6. The zero-order valence-corrected chi connectivity index (χ0v) is 14.3. The van der Waals surface area contributed by atoms with Gasteiger partial charge < -0.3 is 5.11 Å². The Hall–Kier alpha value is -0.160. The molecular formula is C17H38NO3+. The lowest BCUT2D eigenvalue weighted by Crippen LogP contribution is -2.42. The molecule has 0 fully saturated rings. The van der Waals surface area contributed by atoms with Gasteiger partial charge in [-0.3, -0.25) is 0 Å². The smallest absolute Gasteiger partial charge is 0.144 e. The van der Waals surface area contributed by atoms with E-state index in [1.807, 2.05) is 0 Å². The molecular weight excluding hydrogens is 266 g/mol. The molecule has 0 aromatic rings. The number of unbranched alkanes of at least 4 members (excludes halogenated alkanes) is 9. The van der Waals surface area contributed by atoms with E-state index in [4.69, 9.17) is 0 Å². The summed E-state index contributed by atoms with van der Waals surface area (Å²) in [5.41, 5.74) is 0. The van der Waals surface area contributed by atoms with Crippen molar-refractivity contribution in [3.63, 3.8) is 0 Å². The van der Waals surface area contributed by atoms with Crippen LogP contribution in [0.15, 0.2) is 0 Å². The quantitative estimate of drug-likeness (QED) is 0.234. The van der Waals surface area contributed by atoms with Crippen molar-refractivity contribution in [2.24, 2.45) is 0 Å². The number of quaternary nitrogens is 1. The van der Waals surface area contributed by atoms with Crippen LogP contribution in [0, 0.1) is 0 Å². The monoisotopic (exact) mass is 304 g/mol. The van der Waals surface area contributed by atoms with Crippen LogP contribution in [0.3, 0.4) is 0 Å². The van der Waals surface area contributed by atoms with Crippen LogP contribution in [0.5, 0.6) is 0 Å². The largest absolute Gasteiger partial charge is 0.393 e. The Kier molecular flexibility index (Phi) is 13.4. The molecule has 3 N–H and O–H groups in total. The number of hydroxylamine groups is 4. The van der Waals surface area contributed by atoms with Crippen molar-refractivity contribution in [3.05, 3.63) is 0 Å². The van der Waals surface area contributed by atoms with Crippen molar-refractivity contribution in [1.29, 1.82) is 0 Å². The van der Waals surface area contributed by atoms with Gasteiger partial charge >= 0.3 is 0 Å². The first-order chi connectivity index (χ1) is 10.0. The van der Waals surface area contributed by atoms with Crippen molar-refractivity contribution in [2.45, 2.75) is 97.0 Å². The number of nitrogens with zero attached hydrogens (tertiary/aromatic N) is 1. The summed E-state index contributed by atoms with van der Waals surface area (Å²) in [5.74, 6) is 0. The second-order valence-corrected chi connectivity index (χ2v) is 6.33. The highest BCUT2D eigenvalue weighted by molar-refractivity contribution is 4.56. The Bertz CT molecular complexity index is 222. The molecule has 21 heavy (non-hydrogen) atoms. The van der Waals surface area contributed by atoms with Crippen molar-refractivity contribution in [3.8, 4) is 0 Å². The lowest BCUT2D eigenvalue weighted by atomic mass is 10.0. The van der Waals surface area contributed by atoms with Crippen LogP contribution in [0.2, 0.25) is 0 Å². The van der Waals surface area contributed by atoms with Crippen LogP contribution in [-0.2, 0) is 0 Å². The molecule has 0 saturated carbocycles. The number of aliphatic hydroxyl groups is 1. The van der Waals surface area contributed by atoms with E-state index in [1.165, 1.54) is 57.8 Å². The lowest BCUT2D eigenvalue weighted by Gasteiger charge is -2.20. The van der Waals surface area contributed by atoms with E-state index in [0.29, 0.717) is 6.42 Å². The van der Waals surface area contributed by atoms with E-state index in [0.717, 1.165) is 12.8 Å². The van der Waals surface area contributed by atoms with Crippen LogP contribution in [0.4, 0.5) is 0 Å². The SMILES string of the molecule is CCCCCCCCCCCCC(O)CC[N+](O)(O)CC. The van der Waals surface area contributed by atoms with Crippen LogP contribution in [-0.4, -0.2) is 39.5 Å². The van der Waals surface area contributed by atoms with Gasteiger partial charge in [0, 0.05) is 6.42 Å². The highest BCUT2D eigenvalue weighted by atomic mass is 16.8. The van der Waals surface area contributed by atoms with Gasteiger partial charge in [-0.15, -0.1) is 0 Å². The first-order valence-electron chi connectivity index (χ1n) is 9.02. The van der Waals surface area contributed by atoms with Gasteiger partial charge in [0.1, 0.15) is 13.1 Å². The average molecular weight is 304 g/mol. The first kappa shape index (κ1) is 20.8. The Labute approximate surface area is 131 Å². The van der Waals surface area contributed by atoms with Crippen molar-refractivity contribution >= 4 is 0 Å². The van der Waals surface area contributed by atoms with E-state index in [2.05, 4.69) is 6.92 Å². The fraction of sp³-hybridized carbons (Fsp3) is 1.00. The van der Waals surface area contributed by atoms with Gasteiger partial charge in [0.05, 0.1) is 6.10 Å². The summed E-state index contributed by atoms with van der Waals surface area (Å²) < 4.78 is 0. The molecule has 1 unspecified atom stereocenters. The Balaban J connectivity index is 3.27. The Morgan fingerprint density at radius 1 is 0.714 bits per heavy atom. The van der Waals surface area contributed by atoms with E-state index >= 15 is 0 Å². The molecule has 0 amide bonds. The molecule has 0 rings (SSSR count). The van der Waals surface area contributed by atoms with Gasteiger partial charge in [0.25, 0.3) is 0 Å². The van der Waals surface area contributed by atoms with Gasteiger partial charge in [-0.1, -0.05) is 71.1 Å².